The van der Waals surface area contributed by atoms with Gasteiger partial charge >= 0.3 is 12.1 Å². The van der Waals surface area contributed by atoms with Crippen molar-refractivity contribution in [3.05, 3.63) is 35.4 Å². The van der Waals surface area contributed by atoms with E-state index < -0.39 is 17.7 Å². The van der Waals surface area contributed by atoms with Crippen molar-refractivity contribution < 1.29 is 23.0 Å². The van der Waals surface area contributed by atoms with E-state index in [1.807, 2.05) is 0 Å². The van der Waals surface area contributed by atoms with Crippen LogP contribution in [-0.2, 0) is 9.53 Å². The number of carbonyl (C=O) groups excluding carboxylic acids is 1. The first-order valence-corrected chi connectivity index (χ1v) is 5.09. The predicted octanol–water partition coefficient (Wildman–Crippen LogP) is 2.62. The van der Waals surface area contributed by atoms with E-state index in [1.54, 1.807) is 25.1 Å². The van der Waals surface area contributed by atoms with Gasteiger partial charge in [-0.2, -0.15) is 8.78 Å². The molecule has 1 heterocycles. The fourth-order valence-corrected chi connectivity index (χ4v) is 1.51. The molecule has 0 radical (unpaired) electrons. The van der Waals surface area contributed by atoms with Gasteiger partial charge in [-0.05, 0) is 19.1 Å². The lowest BCUT2D eigenvalue weighted by Crippen LogP contribution is -2.34. The molecular weight excluding hydrogens is 230 g/mol. The fraction of sp³-hybridized carbons (Fsp3) is 0.250. The number of alkyl halides is 2. The van der Waals surface area contributed by atoms with Crippen LogP contribution in [0.25, 0.3) is 6.08 Å². The third-order valence-corrected chi connectivity index (χ3v) is 2.27. The van der Waals surface area contributed by atoms with Crippen LogP contribution in [0.4, 0.5) is 8.78 Å². The van der Waals surface area contributed by atoms with E-state index in [4.69, 9.17) is 0 Å². The number of hydrogen-bond donors (Lipinski definition) is 0. The topological polar surface area (TPSA) is 35.5 Å². The van der Waals surface area contributed by atoms with Crippen molar-refractivity contribution in [3.63, 3.8) is 0 Å². The molecule has 2 rings (SSSR count). The summed E-state index contributed by atoms with van der Waals surface area (Å²) in [7, 11) is 0. The number of esters is 1. The Labute approximate surface area is 96.6 Å². The van der Waals surface area contributed by atoms with Crippen LogP contribution in [0.15, 0.2) is 29.8 Å². The highest BCUT2D eigenvalue weighted by Gasteiger charge is 2.45. The van der Waals surface area contributed by atoms with Crippen LogP contribution in [0.5, 0.6) is 5.75 Å². The zero-order valence-electron chi connectivity index (χ0n) is 9.07. The van der Waals surface area contributed by atoms with Crippen molar-refractivity contribution in [2.75, 3.05) is 6.61 Å². The molecule has 0 bridgehead atoms. The summed E-state index contributed by atoms with van der Waals surface area (Å²) < 4.78 is 36.1. The third kappa shape index (κ3) is 2.13. The monoisotopic (exact) mass is 240 g/mol. The van der Waals surface area contributed by atoms with Crippen LogP contribution in [0.1, 0.15) is 12.5 Å². The summed E-state index contributed by atoms with van der Waals surface area (Å²) >= 11 is 0. The lowest BCUT2D eigenvalue weighted by atomic mass is 10.1. The van der Waals surface area contributed by atoms with Crippen LogP contribution < -0.4 is 4.74 Å². The van der Waals surface area contributed by atoms with E-state index in [2.05, 4.69) is 9.47 Å². The van der Waals surface area contributed by atoms with Crippen LogP contribution in [0.2, 0.25) is 0 Å². The van der Waals surface area contributed by atoms with Gasteiger partial charge in [-0.1, -0.05) is 18.2 Å². The molecule has 17 heavy (non-hydrogen) atoms. The van der Waals surface area contributed by atoms with E-state index in [1.165, 1.54) is 6.07 Å². The Morgan fingerprint density at radius 2 is 2.12 bits per heavy atom. The van der Waals surface area contributed by atoms with Crippen LogP contribution in [0.3, 0.4) is 0 Å². The number of rotatable bonds is 2. The molecule has 0 aliphatic carbocycles. The Morgan fingerprint density at radius 3 is 2.82 bits per heavy atom. The number of benzene rings is 1. The molecule has 90 valence electrons. The maximum Gasteiger partial charge on any atom is 0.433 e. The van der Waals surface area contributed by atoms with Crippen LogP contribution >= 0.6 is 0 Å². The minimum Gasteiger partial charge on any atom is -0.462 e. The molecular formula is C12H10F2O3. The fourth-order valence-electron chi connectivity index (χ4n) is 1.51. The summed E-state index contributed by atoms with van der Waals surface area (Å²) in [6, 6.07) is 6.26. The zero-order chi connectivity index (χ0) is 12.5. The molecule has 5 heteroatoms. The second-order valence-electron chi connectivity index (χ2n) is 3.44. The molecule has 3 nitrogen and oxygen atoms in total. The van der Waals surface area contributed by atoms with Gasteiger partial charge < -0.3 is 9.47 Å². The van der Waals surface area contributed by atoms with Gasteiger partial charge in [-0.25, -0.2) is 4.79 Å². The number of fused-ring (bicyclic) bond motifs is 1. The number of halogens is 2. The van der Waals surface area contributed by atoms with Gasteiger partial charge in [0.1, 0.15) is 11.3 Å². The molecule has 1 aromatic carbocycles. The van der Waals surface area contributed by atoms with Crippen molar-refractivity contribution in [1.29, 1.82) is 0 Å². The Morgan fingerprint density at radius 1 is 1.41 bits per heavy atom. The molecule has 0 saturated heterocycles. The lowest BCUT2D eigenvalue weighted by molar-refractivity contribution is -0.165. The molecule has 0 unspecified atom stereocenters. The first-order valence-electron chi connectivity index (χ1n) is 5.09. The number of carbonyl (C=O) groups is 1. The molecule has 0 spiro atoms. The van der Waals surface area contributed by atoms with Gasteiger partial charge in [0.25, 0.3) is 0 Å². The van der Waals surface area contributed by atoms with Gasteiger partial charge in [0.2, 0.25) is 0 Å². The smallest absolute Gasteiger partial charge is 0.433 e. The molecule has 0 N–H and O–H groups in total. The summed E-state index contributed by atoms with van der Waals surface area (Å²) in [5.41, 5.74) is -0.348. The van der Waals surface area contributed by atoms with E-state index in [-0.39, 0.29) is 12.4 Å². The van der Waals surface area contributed by atoms with Crippen molar-refractivity contribution in [2.24, 2.45) is 0 Å². The number of para-hydroxylation sites is 1. The normalized spacial score (nSPS) is 16.5. The highest BCUT2D eigenvalue weighted by atomic mass is 19.3. The summed E-state index contributed by atoms with van der Waals surface area (Å²) in [5.74, 6) is -1.02. The van der Waals surface area contributed by atoms with Crippen molar-refractivity contribution in [1.82, 2.24) is 0 Å². The van der Waals surface area contributed by atoms with E-state index >= 15 is 0 Å². The standard InChI is InChI=1S/C12H10F2O3/c1-2-16-11(15)9-7-8-5-3-4-6-10(8)17-12(9,13)14/h3-7H,2H2,1H3. The first-order chi connectivity index (χ1) is 8.04. The number of ether oxygens (including phenoxy) is 2. The molecule has 1 aromatic rings. The van der Waals surface area contributed by atoms with Gasteiger partial charge in [0.05, 0.1) is 6.61 Å². The van der Waals surface area contributed by atoms with Crippen LogP contribution in [-0.4, -0.2) is 18.7 Å². The maximum atomic E-state index is 13.5. The first kappa shape index (κ1) is 11.6. The van der Waals surface area contributed by atoms with Gasteiger partial charge in [0.15, 0.2) is 0 Å². The van der Waals surface area contributed by atoms with Crippen molar-refractivity contribution in [2.45, 2.75) is 13.0 Å². The van der Waals surface area contributed by atoms with Crippen molar-refractivity contribution in [3.8, 4) is 5.75 Å². The summed E-state index contributed by atoms with van der Waals surface area (Å²) in [6.07, 6.45) is -2.56. The average molecular weight is 240 g/mol. The molecule has 0 fully saturated rings. The lowest BCUT2D eigenvalue weighted by Gasteiger charge is -2.24. The SMILES string of the molecule is CCOC(=O)C1=Cc2ccccc2OC1(F)F. The average Bonchev–Trinajstić information content (AvgIpc) is 2.27. The van der Waals surface area contributed by atoms with Gasteiger partial charge in [-0.3, -0.25) is 0 Å². The van der Waals surface area contributed by atoms with Gasteiger partial charge in [-0.15, -0.1) is 0 Å². The predicted molar refractivity (Wildman–Crippen MR) is 56.6 cm³/mol. The quantitative estimate of drug-likeness (QED) is 0.745. The molecule has 0 atom stereocenters. The minimum absolute atomic E-state index is 0.0356. The highest BCUT2D eigenvalue weighted by molar-refractivity contribution is 5.96. The molecule has 0 aromatic heterocycles. The third-order valence-electron chi connectivity index (χ3n) is 2.27. The van der Waals surface area contributed by atoms with Crippen LogP contribution in [0, 0.1) is 0 Å². The Bertz CT molecular complexity index is 480. The molecule has 1 aliphatic rings. The molecule has 0 amide bonds. The summed E-state index contributed by atoms with van der Waals surface area (Å²) in [6.45, 7) is 1.59. The number of hydrogen-bond acceptors (Lipinski definition) is 3. The van der Waals surface area contributed by atoms with E-state index in [0.717, 1.165) is 6.08 Å². The molecule has 0 saturated carbocycles. The Hall–Kier alpha value is -1.91. The Balaban J connectivity index is 2.43. The zero-order valence-corrected chi connectivity index (χ0v) is 9.07. The second kappa shape index (κ2) is 4.16. The van der Waals surface area contributed by atoms with Crippen molar-refractivity contribution >= 4 is 12.0 Å². The largest absolute Gasteiger partial charge is 0.462 e. The Kier molecular flexibility index (Phi) is 2.83. The molecule has 1 aliphatic heterocycles. The summed E-state index contributed by atoms with van der Waals surface area (Å²) in [5, 5.41) is 0. The second-order valence-corrected chi connectivity index (χ2v) is 3.44. The minimum atomic E-state index is -3.65. The summed E-state index contributed by atoms with van der Waals surface area (Å²) in [4.78, 5) is 11.4. The maximum absolute atomic E-state index is 13.5. The van der Waals surface area contributed by atoms with E-state index in [0.29, 0.717) is 5.56 Å². The van der Waals surface area contributed by atoms with Gasteiger partial charge in [0, 0.05) is 5.56 Å². The van der Waals surface area contributed by atoms with E-state index in [9.17, 15) is 13.6 Å². The highest BCUT2D eigenvalue weighted by Crippen LogP contribution is 2.37.